The molecule has 3 unspecified atom stereocenters. The molecular weight excluding hydrogens is 1290 g/mol. The maximum Gasteiger partial charge on any atom is 0.472 e. The molecule has 0 aliphatic carbocycles. The molecule has 0 spiro atoms. The monoisotopic (exact) mass is 1450 g/mol. The van der Waals surface area contributed by atoms with Crippen molar-refractivity contribution in [2.45, 2.75) is 439 Å². The van der Waals surface area contributed by atoms with Crippen LogP contribution >= 0.6 is 15.6 Å². The number of hydrogen-bond donors (Lipinski definition) is 3. The summed E-state index contributed by atoms with van der Waals surface area (Å²) in [6.45, 7) is 9.68. The summed E-state index contributed by atoms with van der Waals surface area (Å²) in [4.78, 5) is 73.0. The molecule has 0 amide bonds. The third-order valence-corrected chi connectivity index (χ3v) is 21.0. The minimum Gasteiger partial charge on any atom is -0.462 e. The first-order chi connectivity index (χ1) is 47.9. The molecule has 588 valence electrons. The number of phosphoric acid groups is 2. The Kier molecular flexibility index (Phi) is 70.3. The molecule has 0 fully saturated rings. The lowest BCUT2D eigenvalue weighted by Crippen LogP contribution is -2.30. The van der Waals surface area contributed by atoms with Crippen LogP contribution in [-0.2, 0) is 65.4 Å². The molecular formula is C80H156O17P2. The van der Waals surface area contributed by atoms with Gasteiger partial charge in [-0.25, -0.2) is 9.13 Å². The molecule has 0 aliphatic heterocycles. The molecule has 19 heteroatoms. The molecule has 0 aromatic carbocycles. The van der Waals surface area contributed by atoms with Crippen molar-refractivity contribution in [1.82, 2.24) is 0 Å². The Morgan fingerprint density at radius 2 is 0.515 bits per heavy atom. The summed E-state index contributed by atoms with van der Waals surface area (Å²) in [6, 6.07) is 0. The van der Waals surface area contributed by atoms with E-state index in [9.17, 15) is 43.2 Å². The second kappa shape index (κ2) is 71.7. The molecule has 0 aliphatic rings. The average Bonchev–Trinajstić information content (AvgIpc) is 0.999. The fourth-order valence-corrected chi connectivity index (χ4v) is 13.9. The van der Waals surface area contributed by atoms with Gasteiger partial charge in [0, 0.05) is 25.7 Å². The highest BCUT2D eigenvalue weighted by atomic mass is 31.2. The summed E-state index contributed by atoms with van der Waals surface area (Å²) in [5.41, 5.74) is 0. The maximum absolute atomic E-state index is 13.1. The van der Waals surface area contributed by atoms with E-state index in [-0.39, 0.29) is 25.7 Å². The van der Waals surface area contributed by atoms with Gasteiger partial charge in [0.25, 0.3) is 0 Å². The van der Waals surface area contributed by atoms with Crippen LogP contribution in [0.15, 0.2) is 0 Å². The molecule has 0 radical (unpaired) electrons. The fraction of sp³-hybridized carbons (Fsp3) is 0.950. The van der Waals surface area contributed by atoms with Gasteiger partial charge in [0.15, 0.2) is 12.2 Å². The second-order valence-electron chi connectivity index (χ2n) is 29.5. The van der Waals surface area contributed by atoms with Gasteiger partial charge in [-0.1, -0.05) is 369 Å². The number of rotatable bonds is 79. The van der Waals surface area contributed by atoms with Crippen LogP contribution in [0.1, 0.15) is 420 Å². The molecule has 6 atom stereocenters. The van der Waals surface area contributed by atoms with Gasteiger partial charge in [0.1, 0.15) is 19.3 Å². The molecule has 0 heterocycles. The molecule has 3 N–H and O–H groups in total. The van der Waals surface area contributed by atoms with Crippen molar-refractivity contribution in [2.75, 3.05) is 39.6 Å². The first-order valence-corrected chi connectivity index (χ1v) is 44.5. The molecule has 0 bridgehead atoms. The van der Waals surface area contributed by atoms with Crippen molar-refractivity contribution in [2.24, 2.45) is 11.8 Å². The summed E-state index contributed by atoms with van der Waals surface area (Å²) in [6.07, 6.45) is 60.9. The van der Waals surface area contributed by atoms with Gasteiger partial charge in [0.2, 0.25) is 0 Å². The van der Waals surface area contributed by atoms with E-state index in [1.165, 1.54) is 238 Å². The maximum atomic E-state index is 13.1. The number of carbonyl (C=O) groups excluding carboxylic acids is 4. The van der Waals surface area contributed by atoms with Gasteiger partial charge < -0.3 is 33.8 Å². The van der Waals surface area contributed by atoms with Crippen LogP contribution in [-0.4, -0.2) is 96.7 Å². The number of aliphatic hydroxyl groups is 1. The molecule has 0 saturated carbocycles. The summed E-state index contributed by atoms with van der Waals surface area (Å²) < 4.78 is 68.7. The van der Waals surface area contributed by atoms with Crippen LogP contribution in [0.2, 0.25) is 0 Å². The number of hydrogen-bond acceptors (Lipinski definition) is 15. The van der Waals surface area contributed by atoms with E-state index in [0.29, 0.717) is 25.7 Å². The van der Waals surface area contributed by atoms with E-state index in [4.69, 9.17) is 37.0 Å². The van der Waals surface area contributed by atoms with Crippen LogP contribution in [0, 0.1) is 11.8 Å². The average molecular weight is 1450 g/mol. The van der Waals surface area contributed by atoms with Gasteiger partial charge in [-0.2, -0.15) is 0 Å². The highest BCUT2D eigenvalue weighted by Crippen LogP contribution is 2.45. The van der Waals surface area contributed by atoms with Crippen LogP contribution in [0.3, 0.4) is 0 Å². The normalized spacial score (nSPS) is 14.2. The summed E-state index contributed by atoms with van der Waals surface area (Å²) in [7, 11) is -9.92. The van der Waals surface area contributed by atoms with Crippen LogP contribution in [0.25, 0.3) is 0 Å². The Labute approximate surface area is 607 Å². The molecule has 0 aromatic rings. The summed E-state index contributed by atoms with van der Waals surface area (Å²) in [5, 5.41) is 10.6. The van der Waals surface area contributed by atoms with E-state index in [0.717, 1.165) is 102 Å². The summed E-state index contributed by atoms with van der Waals surface area (Å²) in [5.74, 6) is -0.498. The zero-order valence-electron chi connectivity index (χ0n) is 64.8. The number of aliphatic hydroxyl groups excluding tert-OH is 1. The third-order valence-electron chi connectivity index (χ3n) is 19.1. The number of phosphoric ester groups is 2. The van der Waals surface area contributed by atoms with E-state index < -0.39 is 97.5 Å². The third kappa shape index (κ3) is 72.8. The van der Waals surface area contributed by atoms with Gasteiger partial charge >= 0.3 is 39.5 Å². The first-order valence-electron chi connectivity index (χ1n) is 41.5. The van der Waals surface area contributed by atoms with Gasteiger partial charge in [-0.15, -0.1) is 0 Å². The number of esters is 4. The number of carbonyl (C=O) groups is 4. The van der Waals surface area contributed by atoms with Gasteiger partial charge in [-0.3, -0.25) is 37.3 Å². The van der Waals surface area contributed by atoms with Crippen molar-refractivity contribution in [1.29, 1.82) is 0 Å². The number of unbranched alkanes of at least 4 members (excludes halogenated alkanes) is 48. The molecule has 0 rings (SSSR count). The summed E-state index contributed by atoms with van der Waals surface area (Å²) >= 11 is 0. The van der Waals surface area contributed by atoms with Gasteiger partial charge in [0.05, 0.1) is 26.4 Å². The highest BCUT2D eigenvalue weighted by molar-refractivity contribution is 7.47. The first kappa shape index (κ1) is 97.1. The van der Waals surface area contributed by atoms with Crippen LogP contribution in [0.4, 0.5) is 0 Å². The van der Waals surface area contributed by atoms with E-state index in [2.05, 4.69) is 41.5 Å². The van der Waals surface area contributed by atoms with Crippen molar-refractivity contribution in [3.8, 4) is 0 Å². The molecule has 17 nitrogen and oxygen atoms in total. The van der Waals surface area contributed by atoms with Crippen molar-refractivity contribution in [3.63, 3.8) is 0 Å². The fourth-order valence-electron chi connectivity index (χ4n) is 12.3. The lowest BCUT2D eigenvalue weighted by atomic mass is 9.99. The predicted octanol–water partition coefficient (Wildman–Crippen LogP) is 23.9. The molecule has 0 aromatic heterocycles. The minimum atomic E-state index is -4.96. The van der Waals surface area contributed by atoms with Crippen LogP contribution < -0.4 is 0 Å². The Hall–Kier alpha value is -1.94. The van der Waals surface area contributed by atoms with E-state index in [1.807, 2.05) is 0 Å². The zero-order valence-corrected chi connectivity index (χ0v) is 66.6. The van der Waals surface area contributed by atoms with E-state index in [1.54, 1.807) is 0 Å². The Bertz CT molecular complexity index is 1910. The van der Waals surface area contributed by atoms with Gasteiger partial charge in [-0.05, 0) is 37.5 Å². The Morgan fingerprint density at radius 3 is 0.768 bits per heavy atom. The highest BCUT2D eigenvalue weighted by Gasteiger charge is 2.30. The lowest BCUT2D eigenvalue weighted by molar-refractivity contribution is -0.161. The number of ether oxygens (including phenoxy) is 4. The van der Waals surface area contributed by atoms with Crippen molar-refractivity contribution < 1.29 is 80.2 Å². The molecule has 0 saturated heterocycles. The predicted molar refractivity (Wildman–Crippen MR) is 405 cm³/mol. The van der Waals surface area contributed by atoms with Crippen molar-refractivity contribution >= 4 is 39.5 Å². The Morgan fingerprint density at radius 1 is 0.293 bits per heavy atom. The van der Waals surface area contributed by atoms with Crippen LogP contribution in [0.5, 0.6) is 0 Å². The van der Waals surface area contributed by atoms with E-state index >= 15 is 0 Å². The zero-order chi connectivity index (χ0) is 72.8. The quantitative estimate of drug-likeness (QED) is 0.0222. The SMILES string of the molecule is CCCCCCCCCCCCCCCCCCCC(=O)OC[C@H](COP(=O)(O)OC[C@@H](O)COP(=O)(O)OC[C@@H](COC(=O)CCCCCCCCCCCC)OC(=O)CCCCCCCCCCCCCC(C)C)OC(=O)CCCCCCCCCCCCCCCCC(C)CC. The topological polar surface area (TPSA) is 237 Å². The lowest BCUT2D eigenvalue weighted by Gasteiger charge is -2.21. The standard InChI is InChI=1S/C80H156O17P2/c1-7-10-12-14-16-18-20-21-22-23-24-28-33-39-45-51-57-63-78(83)91-69-76(96-79(84)64-58-52-46-40-34-29-26-25-27-32-37-43-49-55-61-73(6)9-3)71-95-99(88,89)93-67-74(81)66-92-98(86,87)94-70-75(68-90-77(82)62-56-50-44-38-19-17-15-13-11-8-2)97-80(85)65-59-53-47-41-35-30-31-36-42-48-54-60-72(4)5/h72-76,81H,7-71H2,1-6H3,(H,86,87)(H,88,89)/t73?,74-,75+,76+/m0/s1. The second-order valence-corrected chi connectivity index (χ2v) is 32.4. The molecule has 99 heavy (non-hydrogen) atoms. The largest absolute Gasteiger partial charge is 0.472 e. The Balaban J connectivity index is 5.24. The smallest absolute Gasteiger partial charge is 0.462 e. The minimum absolute atomic E-state index is 0.107. The van der Waals surface area contributed by atoms with Crippen molar-refractivity contribution in [3.05, 3.63) is 0 Å².